The second-order valence-corrected chi connectivity index (χ2v) is 5.84. The van der Waals surface area contributed by atoms with E-state index in [9.17, 15) is 0 Å². The Labute approximate surface area is 118 Å². The van der Waals surface area contributed by atoms with Crippen LogP contribution in [0.5, 0.6) is 5.75 Å². The maximum absolute atomic E-state index is 5.81. The zero-order chi connectivity index (χ0) is 14.1. The van der Waals surface area contributed by atoms with E-state index in [1.807, 2.05) is 6.07 Å². The number of hydrogen-bond acceptors (Lipinski definition) is 2. The Kier molecular flexibility index (Phi) is 7.57. The molecule has 2 heteroatoms. The molecule has 0 amide bonds. The standard InChI is InChI=1S/C17H29NO/c1-14(2)9-7-8-12-18-13-16-10-5-6-11-17(16)19-15(3)4/h5-6,10-11,14-15,18H,7-9,12-13H2,1-4H3. The van der Waals surface area contributed by atoms with Crippen molar-refractivity contribution in [3.8, 4) is 5.75 Å². The average molecular weight is 263 g/mol. The van der Waals surface area contributed by atoms with Gasteiger partial charge >= 0.3 is 0 Å². The van der Waals surface area contributed by atoms with Gasteiger partial charge in [-0.1, -0.05) is 44.9 Å². The Morgan fingerprint density at radius 3 is 2.47 bits per heavy atom. The molecular weight excluding hydrogens is 234 g/mol. The van der Waals surface area contributed by atoms with Crippen LogP contribution in [0.15, 0.2) is 24.3 Å². The van der Waals surface area contributed by atoms with E-state index < -0.39 is 0 Å². The van der Waals surface area contributed by atoms with E-state index in [1.54, 1.807) is 0 Å². The lowest BCUT2D eigenvalue weighted by molar-refractivity contribution is 0.239. The summed E-state index contributed by atoms with van der Waals surface area (Å²) in [6.07, 6.45) is 4.13. The fraction of sp³-hybridized carbons (Fsp3) is 0.647. The highest BCUT2D eigenvalue weighted by atomic mass is 16.5. The third-order valence-electron chi connectivity index (χ3n) is 3.04. The lowest BCUT2D eigenvalue weighted by Gasteiger charge is -2.14. The van der Waals surface area contributed by atoms with Crippen LogP contribution in [0.3, 0.4) is 0 Å². The van der Waals surface area contributed by atoms with E-state index in [1.165, 1.54) is 24.8 Å². The van der Waals surface area contributed by atoms with E-state index >= 15 is 0 Å². The molecule has 1 aromatic rings. The number of benzene rings is 1. The molecule has 0 saturated heterocycles. The minimum atomic E-state index is 0.229. The second kappa shape index (κ2) is 8.98. The first kappa shape index (κ1) is 16.0. The third kappa shape index (κ3) is 7.22. The summed E-state index contributed by atoms with van der Waals surface area (Å²) in [6, 6.07) is 8.29. The van der Waals surface area contributed by atoms with Crippen LogP contribution in [0.2, 0.25) is 0 Å². The van der Waals surface area contributed by atoms with E-state index in [4.69, 9.17) is 4.74 Å². The Hall–Kier alpha value is -1.02. The van der Waals surface area contributed by atoms with Gasteiger partial charge in [0.05, 0.1) is 6.10 Å². The molecule has 0 fully saturated rings. The topological polar surface area (TPSA) is 21.3 Å². The van der Waals surface area contributed by atoms with Gasteiger partial charge in [0.2, 0.25) is 0 Å². The highest BCUT2D eigenvalue weighted by Gasteiger charge is 2.04. The van der Waals surface area contributed by atoms with E-state index in [0.29, 0.717) is 0 Å². The van der Waals surface area contributed by atoms with Gasteiger partial charge in [-0.05, 0) is 38.8 Å². The Morgan fingerprint density at radius 1 is 1.05 bits per heavy atom. The number of para-hydroxylation sites is 1. The van der Waals surface area contributed by atoms with Crippen LogP contribution in [0.25, 0.3) is 0 Å². The molecule has 0 unspecified atom stereocenters. The SMILES string of the molecule is CC(C)CCCCNCc1ccccc1OC(C)C. The first-order valence-electron chi connectivity index (χ1n) is 7.55. The summed E-state index contributed by atoms with van der Waals surface area (Å²) in [4.78, 5) is 0. The summed E-state index contributed by atoms with van der Waals surface area (Å²) >= 11 is 0. The monoisotopic (exact) mass is 263 g/mol. The third-order valence-corrected chi connectivity index (χ3v) is 3.04. The summed E-state index contributed by atoms with van der Waals surface area (Å²) in [5.74, 6) is 1.83. The van der Waals surface area contributed by atoms with E-state index in [-0.39, 0.29) is 6.10 Å². The van der Waals surface area contributed by atoms with Crippen LogP contribution >= 0.6 is 0 Å². The zero-order valence-corrected chi connectivity index (χ0v) is 12.9. The van der Waals surface area contributed by atoms with Crippen molar-refractivity contribution in [2.45, 2.75) is 59.6 Å². The molecular formula is C17H29NO. The first-order chi connectivity index (χ1) is 9.09. The molecule has 19 heavy (non-hydrogen) atoms. The van der Waals surface area contributed by atoms with Crippen molar-refractivity contribution in [1.29, 1.82) is 0 Å². The molecule has 1 aromatic carbocycles. The van der Waals surface area contributed by atoms with E-state index in [0.717, 1.165) is 24.8 Å². The lowest BCUT2D eigenvalue weighted by atomic mass is 10.1. The Morgan fingerprint density at radius 2 is 1.79 bits per heavy atom. The predicted molar refractivity (Wildman–Crippen MR) is 82.6 cm³/mol. The molecule has 0 atom stereocenters. The fourth-order valence-corrected chi connectivity index (χ4v) is 2.04. The zero-order valence-electron chi connectivity index (χ0n) is 12.9. The maximum Gasteiger partial charge on any atom is 0.124 e. The summed E-state index contributed by atoms with van der Waals surface area (Å²) in [7, 11) is 0. The van der Waals surface area contributed by atoms with Crippen molar-refractivity contribution in [1.82, 2.24) is 5.32 Å². The predicted octanol–water partition coefficient (Wildman–Crippen LogP) is 4.39. The minimum absolute atomic E-state index is 0.229. The normalized spacial score (nSPS) is 11.3. The minimum Gasteiger partial charge on any atom is -0.491 e. The quantitative estimate of drug-likeness (QED) is 0.667. The van der Waals surface area contributed by atoms with Gasteiger partial charge in [-0.25, -0.2) is 0 Å². The molecule has 0 heterocycles. The molecule has 0 aliphatic heterocycles. The molecule has 0 radical (unpaired) electrons. The Balaban J connectivity index is 2.28. The molecule has 2 nitrogen and oxygen atoms in total. The van der Waals surface area contributed by atoms with Crippen LogP contribution < -0.4 is 10.1 Å². The van der Waals surface area contributed by atoms with Crippen molar-refractivity contribution in [3.63, 3.8) is 0 Å². The van der Waals surface area contributed by atoms with Crippen LogP contribution in [0.1, 0.15) is 52.5 Å². The highest BCUT2D eigenvalue weighted by molar-refractivity contribution is 5.33. The molecule has 1 N–H and O–H groups in total. The van der Waals surface area contributed by atoms with Crippen molar-refractivity contribution in [3.05, 3.63) is 29.8 Å². The molecule has 0 aromatic heterocycles. The van der Waals surface area contributed by atoms with Gasteiger partial charge < -0.3 is 10.1 Å². The van der Waals surface area contributed by atoms with Gasteiger partial charge in [0.25, 0.3) is 0 Å². The van der Waals surface area contributed by atoms with Crippen molar-refractivity contribution in [2.75, 3.05) is 6.54 Å². The number of nitrogens with one attached hydrogen (secondary N) is 1. The largest absolute Gasteiger partial charge is 0.491 e. The number of hydrogen-bond donors (Lipinski definition) is 1. The van der Waals surface area contributed by atoms with Crippen molar-refractivity contribution < 1.29 is 4.74 Å². The summed E-state index contributed by atoms with van der Waals surface area (Å²) in [6.45, 7) is 10.7. The molecule has 0 aliphatic carbocycles. The molecule has 108 valence electrons. The smallest absolute Gasteiger partial charge is 0.124 e. The van der Waals surface area contributed by atoms with Crippen molar-refractivity contribution in [2.24, 2.45) is 5.92 Å². The van der Waals surface area contributed by atoms with Crippen LogP contribution in [0.4, 0.5) is 0 Å². The highest BCUT2D eigenvalue weighted by Crippen LogP contribution is 2.19. The number of ether oxygens (including phenoxy) is 1. The van der Waals surface area contributed by atoms with E-state index in [2.05, 4.69) is 51.2 Å². The second-order valence-electron chi connectivity index (χ2n) is 5.84. The maximum atomic E-state index is 5.81. The van der Waals surface area contributed by atoms with Gasteiger partial charge in [0.15, 0.2) is 0 Å². The number of rotatable bonds is 9. The van der Waals surface area contributed by atoms with Crippen LogP contribution in [-0.4, -0.2) is 12.6 Å². The van der Waals surface area contributed by atoms with Crippen LogP contribution in [0, 0.1) is 5.92 Å². The van der Waals surface area contributed by atoms with Gasteiger partial charge in [-0.3, -0.25) is 0 Å². The van der Waals surface area contributed by atoms with Gasteiger partial charge in [0.1, 0.15) is 5.75 Å². The summed E-state index contributed by atoms with van der Waals surface area (Å²) in [5, 5.41) is 3.51. The summed E-state index contributed by atoms with van der Waals surface area (Å²) in [5.41, 5.74) is 1.25. The average Bonchev–Trinajstić information content (AvgIpc) is 2.34. The van der Waals surface area contributed by atoms with Gasteiger partial charge in [-0.15, -0.1) is 0 Å². The Bertz CT molecular complexity index is 347. The van der Waals surface area contributed by atoms with Gasteiger partial charge in [-0.2, -0.15) is 0 Å². The first-order valence-corrected chi connectivity index (χ1v) is 7.55. The summed E-state index contributed by atoms with van der Waals surface area (Å²) < 4.78 is 5.81. The van der Waals surface area contributed by atoms with Gasteiger partial charge in [0, 0.05) is 12.1 Å². The fourth-order valence-electron chi connectivity index (χ4n) is 2.04. The van der Waals surface area contributed by atoms with Crippen molar-refractivity contribution >= 4 is 0 Å². The molecule has 0 bridgehead atoms. The molecule has 1 rings (SSSR count). The number of unbranched alkanes of at least 4 members (excludes halogenated alkanes) is 1. The molecule has 0 aliphatic rings. The molecule has 0 saturated carbocycles. The molecule has 0 spiro atoms. The lowest BCUT2D eigenvalue weighted by Crippen LogP contribution is -2.16. The van der Waals surface area contributed by atoms with Crippen LogP contribution in [-0.2, 0) is 6.54 Å².